The highest BCUT2D eigenvalue weighted by Crippen LogP contribution is 2.23. The first-order valence-electron chi connectivity index (χ1n) is 9.27. The van der Waals surface area contributed by atoms with E-state index in [0.717, 1.165) is 19.3 Å². The molecule has 2 aromatic rings. The Morgan fingerprint density at radius 2 is 1.63 bits per heavy atom. The van der Waals surface area contributed by atoms with Crippen LogP contribution < -0.4 is 5.32 Å². The van der Waals surface area contributed by atoms with Crippen LogP contribution in [0.15, 0.2) is 48.5 Å². The summed E-state index contributed by atoms with van der Waals surface area (Å²) in [5.74, 6) is -1.03. The Balaban J connectivity index is 1.42. The number of esters is 1. The molecule has 27 heavy (non-hydrogen) atoms. The first-order valence-corrected chi connectivity index (χ1v) is 9.27. The second-order valence-electron chi connectivity index (χ2n) is 6.69. The van der Waals surface area contributed by atoms with E-state index in [1.165, 1.54) is 17.5 Å². The average Bonchev–Trinajstić information content (AvgIpc) is 2.71. The number of carbonyl (C=O) groups is 3. The molecule has 3 rings (SSSR count). The van der Waals surface area contributed by atoms with Crippen molar-refractivity contribution in [2.24, 2.45) is 0 Å². The zero-order valence-electron chi connectivity index (χ0n) is 15.2. The summed E-state index contributed by atoms with van der Waals surface area (Å²) in [6.07, 6.45) is 4.48. The Morgan fingerprint density at radius 3 is 2.41 bits per heavy atom. The number of amides is 1. The minimum atomic E-state index is -0.551. The molecule has 5 nitrogen and oxygen atoms in total. The Hall–Kier alpha value is -2.95. The van der Waals surface area contributed by atoms with Crippen LogP contribution in [0.1, 0.15) is 47.2 Å². The molecule has 0 fully saturated rings. The first-order chi connectivity index (χ1) is 13.1. The number of nitrogens with one attached hydrogen (secondary N) is 1. The summed E-state index contributed by atoms with van der Waals surface area (Å²) in [7, 11) is 0. The fourth-order valence-corrected chi connectivity index (χ4v) is 3.20. The third kappa shape index (κ3) is 5.51. The molecule has 0 saturated carbocycles. The lowest BCUT2D eigenvalue weighted by atomic mass is 9.89. The number of hydrogen-bond donors (Lipinski definition) is 1. The van der Waals surface area contributed by atoms with Gasteiger partial charge in [0.25, 0.3) is 5.91 Å². The summed E-state index contributed by atoms with van der Waals surface area (Å²) in [4.78, 5) is 35.9. The van der Waals surface area contributed by atoms with Crippen molar-refractivity contribution < 1.29 is 19.1 Å². The van der Waals surface area contributed by atoms with Gasteiger partial charge in [0.15, 0.2) is 12.4 Å². The molecule has 0 spiro atoms. The van der Waals surface area contributed by atoms with Gasteiger partial charge in [0.05, 0.1) is 6.42 Å². The van der Waals surface area contributed by atoms with Gasteiger partial charge in [0.1, 0.15) is 0 Å². The number of Topliss-reactive ketones (excluding diaryl/α,β-unsaturated/α-hetero) is 1. The maximum absolute atomic E-state index is 12.3. The van der Waals surface area contributed by atoms with Gasteiger partial charge in [0.2, 0.25) is 0 Å². The van der Waals surface area contributed by atoms with Crippen LogP contribution in [0.3, 0.4) is 0 Å². The number of rotatable bonds is 7. The molecule has 0 aromatic heterocycles. The maximum atomic E-state index is 12.3. The number of benzene rings is 2. The molecule has 1 aliphatic carbocycles. The molecule has 0 aliphatic heterocycles. The van der Waals surface area contributed by atoms with Gasteiger partial charge in [-0.2, -0.15) is 0 Å². The average molecular weight is 365 g/mol. The topological polar surface area (TPSA) is 72.5 Å². The Bertz CT molecular complexity index is 829. The highest BCUT2D eigenvalue weighted by atomic mass is 16.5. The van der Waals surface area contributed by atoms with Crippen molar-refractivity contribution in [3.63, 3.8) is 0 Å². The number of aryl methyl sites for hydroxylation is 2. The number of carbonyl (C=O) groups excluding carboxylic acids is 3. The van der Waals surface area contributed by atoms with E-state index >= 15 is 0 Å². The normalized spacial score (nSPS) is 12.7. The van der Waals surface area contributed by atoms with Crippen LogP contribution in [-0.4, -0.2) is 24.3 Å². The Morgan fingerprint density at radius 1 is 0.889 bits per heavy atom. The monoisotopic (exact) mass is 365 g/mol. The van der Waals surface area contributed by atoms with Crippen molar-refractivity contribution in [2.75, 3.05) is 11.9 Å². The molecule has 2 aromatic carbocycles. The van der Waals surface area contributed by atoms with E-state index < -0.39 is 11.9 Å². The predicted octanol–water partition coefficient (Wildman–Crippen LogP) is 3.71. The molecule has 0 radical (unpaired) electrons. The molecule has 1 aliphatic rings. The molecule has 140 valence electrons. The second-order valence-corrected chi connectivity index (χ2v) is 6.69. The quantitative estimate of drug-likeness (QED) is 0.600. The lowest BCUT2D eigenvalue weighted by molar-refractivity contribution is -0.147. The van der Waals surface area contributed by atoms with Crippen LogP contribution in [-0.2, 0) is 27.2 Å². The summed E-state index contributed by atoms with van der Waals surface area (Å²) in [6.45, 7) is -0.360. The highest BCUT2D eigenvalue weighted by molar-refractivity contribution is 5.98. The molecule has 0 heterocycles. The number of anilines is 1. The lowest BCUT2D eigenvalue weighted by Gasteiger charge is -2.16. The number of para-hydroxylation sites is 1. The van der Waals surface area contributed by atoms with E-state index in [2.05, 4.69) is 5.32 Å². The minimum absolute atomic E-state index is 0.0332. The molecule has 0 unspecified atom stereocenters. The van der Waals surface area contributed by atoms with Crippen molar-refractivity contribution >= 4 is 23.3 Å². The summed E-state index contributed by atoms with van der Waals surface area (Å²) >= 11 is 0. The van der Waals surface area contributed by atoms with Crippen molar-refractivity contribution in [3.8, 4) is 0 Å². The van der Waals surface area contributed by atoms with Gasteiger partial charge in [-0.05, 0) is 55.0 Å². The SMILES string of the molecule is O=C(COC(=O)CCC(=O)c1ccc2c(c1)CCCC2)Nc1ccccc1. The van der Waals surface area contributed by atoms with Crippen LogP contribution in [0.2, 0.25) is 0 Å². The zero-order chi connectivity index (χ0) is 19.1. The number of ether oxygens (including phenoxy) is 1. The number of ketones is 1. The van der Waals surface area contributed by atoms with Gasteiger partial charge in [-0.1, -0.05) is 30.3 Å². The van der Waals surface area contributed by atoms with Crippen LogP contribution in [0, 0.1) is 0 Å². The maximum Gasteiger partial charge on any atom is 0.306 e. The van der Waals surface area contributed by atoms with Gasteiger partial charge in [-0.15, -0.1) is 0 Å². The molecule has 1 amide bonds. The van der Waals surface area contributed by atoms with Gasteiger partial charge in [-0.25, -0.2) is 0 Å². The van der Waals surface area contributed by atoms with E-state index in [0.29, 0.717) is 11.3 Å². The molecule has 0 saturated heterocycles. The fraction of sp³-hybridized carbons (Fsp3) is 0.318. The van der Waals surface area contributed by atoms with Crippen LogP contribution in [0.25, 0.3) is 0 Å². The minimum Gasteiger partial charge on any atom is -0.456 e. The lowest BCUT2D eigenvalue weighted by Crippen LogP contribution is -2.21. The number of hydrogen-bond acceptors (Lipinski definition) is 4. The van der Waals surface area contributed by atoms with E-state index in [4.69, 9.17) is 4.74 Å². The third-order valence-electron chi connectivity index (χ3n) is 4.65. The fourth-order valence-electron chi connectivity index (χ4n) is 3.20. The Kier molecular flexibility index (Phi) is 6.36. The van der Waals surface area contributed by atoms with Gasteiger partial charge < -0.3 is 10.1 Å². The van der Waals surface area contributed by atoms with E-state index in [1.807, 2.05) is 24.3 Å². The summed E-state index contributed by atoms with van der Waals surface area (Å²) in [5, 5.41) is 2.63. The third-order valence-corrected chi connectivity index (χ3v) is 4.65. The van der Waals surface area contributed by atoms with Crippen LogP contribution in [0.4, 0.5) is 5.69 Å². The largest absolute Gasteiger partial charge is 0.456 e. The van der Waals surface area contributed by atoms with Gasteiger partial charge in [-0.3, -0.25) is 14.4 Å². The van der Waals surface area contributed by atoms with Crippen LogP contribution >= 0.6 is 0 Å². The van der Waals surface area contributed by atoms with Crippen LogP contribution in [0.5, 0.6) is 0 Å². The smallest absolute Gasteiger partial charge is 0.306 e. The van der Waals surface area contributed by atoms with Gasteiger partial charge >= 0.3 is 5.97 Å². The van der Waals surface area contributed by atoms with Crippen molar-refractivity contribution in [3.05, 3.63) is 65.2 Å². The van der Waals surface area contributed by atoms with Crippen molar-refractivity contribution in [1.82, 2.24) is 0 Å². The van der Waals surface area contributed by atoms with E-state index in [1.54, 1.807) is 24.3 Å². The molecular weight excluding hydrogens is 342 g/mol. The molecule has 1 N–H and O–H groups in total. The first kappa shape index (κ1) is 18.8. The van der Waals surface area contributed by atoms with E-state index in [-0.39, 0.29) is 25.2 Å². The second kappa shape index (κ2) is 9.12. The standard InChI is InChI=1S/C22H23NO4/c24-20(18-11-10-16-6-4-5-7-17(16)14-18)12-13-22(26)27-15-21(25)23-19-8-2-1-3-9-19/h1-3,8-11,14H,4-7,12-13,15H2,(H,23,25). The summed E-state index contributed by atoms with van der Waals surface area (Å²) in [6, 6.07) is 14.7. The van der Waals surface area contributed by atoms with E-state index in [9.17, 15) is 14.4 Å². The van der Waals surface area contributed by atoms with Gasteiger partial charge in [0, 0.05) is 17.7 Å². The molecule has 0 atom stereocenters. The Labute approximate surface area is 158 Å². The molecular formula is C22H23NO4. The number of fused-ring (bicyclic) bond motifs is 1. The van der Waals surface area contributed by atoms with Crippen molar-refractivity contribution in [2.45, 2.75) is 38.5 Å². The predicted molar refractivity (Wildman–Crippen MR) is 103 cm³/mol. The highest BCUT2D eigenvalue weighted by Gasteiger charge is 2.15. The molecule has 5 heteroatoms. The summed E-state index contributed by atoms with van der Waals surface area (Å²) < 4.78 is 4.95. The molecule has 0 bridgehead atoms. The summed E-state index contributed by atoms with van der Waals surface area (Å²) in [5.41, 5.74) is 3.85. The van der Waals surface area contributed by atoms with Crippen molar-refractivity contribution in [1.29, 1.82) is 0 Å². The zero-order valence-corrected chi connectivity index (χ0v) is 15.2.